The molecule has 0 aromatic heterocycles. The molecule has 20 heavy (non-hydrogen) atoms. The number of hydrogen-bond donors (Lipinski definition) is 0. The maximum atomic E-state index is 11.5. The molecule has 0 aliphatic carbocycles. The number of anilines is 1. The van der Waals surface area contributed by atoms with Crippen molar-refractivity contribution in [3.05, 3.63) is 42.0 Å². The molecule has 0 atom stereocenters. The lowest BCUT2D eigenvalue weighted by Gasteiger charge is -2.13. The summed E-state index contributed by atoms with van der Waals surface area (Å²) in [6.07, 6.45) is 2.48. The highest BCUT2D eigenvalue weighted by molar-refractivity contribution is 6.28. The first-order chi connectivity index (χ1) is 9.61. The predicted molar refractivity (Wildman–Crippen MR) is 71.6 cm³/mol. The number of rotatable bonds is 2. The second-order valence-electron chi connectivity index (χ2n) is 3.95. The zero-order chi connectivity index (χ0) is 14.5. The molecule has 5 heteroatoms. The van der Waals surface area contributed by atoms with Crippen LogP contribution in [0.2, 0.25) is 0 Å². The van der Waals surface area contributed by atoms with E-state index in [0.717, 1.165) is 4.90 Å². The Kier molecular flexibility index (Phi) is 3.96. The van der Waals surface area contributed by atoms with Crippen LogP contribution in [0.5, 0.6) is 0 Å². The van der Waals surface area contributed by atoms with E-state index in [4.69, 9.17) is 0 Å². The topological polar surface area (TPSA) is 63.7 Å². The fourth-order valence-electron chi connectivity index (χ4n) is 1.64. The molecule has 0 spiro atoms. The van der Waals surface area contributed by atoms with Gasteiger partial charge in [-0.05, 0) is 24.3 Å². The number of esters is 1. The van der Waals surface area contributed by atoms with Crippen molar-refractivity contribution >= 4 is 23.5 Å². The van der Waals surface area contributed by atoms with Gasteiger partial charge in [0.05, 0.1) is 12.8 Å². The quantitative estimate of drug-likeness (QED) is 0.457. The molecule has 0 saturated heterocycles. The summed E-state index contributed by atoms with van der Waals surface area (Å²) in [5.74, 6) is 4.35. The summed E-state index contributed by atoms with van der Waals surface area (Å²) < 4.78 is 4.47. The highest BCUT2D eigenvalue weighted by atomic mass is 16.5. The van der Waals surface area contributed by atoms with Crippen LogP contribution in [0, 0.1) is 11.8 Å². The average Bonchev–Trinajstić information content (AvgIpc) is 2.79. The van der Waals surface area contributed by atoms with Crippen molar-refractivity contribution < 1.29 is 19.1 Å². The predicted octanol–water partition coefficient (Wildman–Crippen LogP) is 1.03. The molecule has 0 N–H and O–H groups in total. The number of nitrogens with zero attached hydrogens (tertiary/aromatic N) is 1. The lowest BCUT2D eigenvalue weighted by molar-refractivity contribution is -0.139. The van der Waals surface area contributed by atoms with Crippen LogP contribution in [0.15, 0.2) is 36.4 Å². The number of carbonyl (C=O) groups is 3. The highest BCUT2D eigenvalue weighted by Crippen LogP contribution is 2.19. The van der Waals surface area contributed by atoms with Crippen LogP contribution in [0.25, 0.3) is 0 Å². The second kappa shape index (κ2) is 5.85. The van der Waals surface area contributed by atoms with Crippen molar-refractivity contribution in [2.45, 2.75) is 6.42 Å². The fourth-order valence-corrected chi connectivity index (χ4v) is 1.64. The van der Waals surface area contributed by atoms with Crippen LogP contribution in [0.1, 0.15) is 12.0 Å². The van der Waals surface area contributed by atoms with E-state index in [-0.39, 0.29) is 18.2 Å². The highest BCUT2D eigenvalue weighted by Gasteiger charge is 2.24. The Balaban J connectivity index is 2.09. The Morgan fingerprint density at radius 3 is 2.30 bits per heavy atom. The first kappa shape index (κ1) is 13.6. The average molecular weight is 269 g/mol. The zero-order valence-electron chi connectivity index (χ0n) is 10.8. The molecule has 0 bridgehead atoms. The van der Waals surface area contributed by atoms with E-state index in [9.17, 15) is 14.4 Å². The molecule has 1 aromatic rings. The Morgan fingerprint density at radius 1 is 1.15 bits per heavy atom. The summed E-state index contributed by atoms with van der Waals surface area (Å²) >= 11 is 0. The number of methoxy groups -OCH3 is 1. The Hall–Kier alpha value is -2.87. The van der Waals surface area contributed by atoms with Crippen molar-refractivity contribution in [3.63, 3.8) is 0 Å². The van der Waals surface area contributed by atoms with E-state index in [1.807, 2.05) is 0 Å². The van der Waals surface area contributed by atoms with Gasteiger partial charge in [-0.1, -0.05) is 11.8 Å². The molecular weight excluding hydrogens is 258 g/mol. The third-order valence-electron chi connectivity index (χ3n) is 2.63. The van der Waals surface area contributed by atoms with E-state index in [2.05, 4.69) is 16.6 Å². The Morgan fingerprint density at radius 2 is 1.75 bits per heavy atom. The number of ether oxygens (including phenoxy) is 1. The molecular formula is C15H11NO4. The smallest absolute Gasteiger partial charge is 0.317 e. The zero-order valence-corrected chi connectivity index (χ0v) is 10.8. The summed E-state index contributed by atoms with van der Waals surface area (Å²) in [6.45, 7) is 0. The van der Waals surface area contributed by atoms with Crippen LogP contribution < -0.4 is 4.90 Å². The molecule has 100 valence electrons. The maximum Gasteiger partial charge on any atom is 0.317 e. The lowest BCUT2D eigenvalue weighted by atomic mass is 10.2. The number of amides is 2. The first-order valence-electron chi connectivity index (χ1n) is 5.83. The van der Waals surface area contributed by atoms with Crippen LogP contribution in [-0.2, 0) is 19.1 Å². The SMILES string of the molecule is COC(=O)CC#Cc1ccc(N2C(=O)C=CC2=O)cc1. The van der Waals surface area contributed by atoms with E-state index in [1.165, 1.54) is 19.3 Å². The van der Waals surface area contributed by atoms with Gasteiger partial charge in [-0.2, -0.15) is 0 Å². The molecule has 2 amide bonds. The van der Waals surface area contributed by atoms with Gasteiger partial charge < -0.3 is 4.74 Å². The van der Waals surface area contributed by atoms with Gasteiger partial charge in [0.25, 0.3) is 11.8 Å². The van der Waals surface area contributed by atoms with E-state index in [1.54, 1.807) is 24.3 Å². The van der Waals surface area contributed by atoms with Crippen molar-refractivity contribution in [2.75, 3.05) is 12.0 Å². The van der Waals surface area contributed by atoms with Gasteiger partial charge in [0.1, 0.15) is 6.42 Å². The van der Waals surface area contributed by atoms with Crippen LogP contribution in [0.3, 0.4) is 0 Å². The minimum atomic E-state index is -0.395. The second-order valence-corrected chi connectivity index (χ2v) is 3.95. The minimum absolute atomic E-state index is 0.0191. The molecule has 2 rings (SSSR count). The van der Waals surface area contributed by atoms with Gasteiger partial charge in [-0.25, -0.2) is 4.90 Å². The summed E-state index contributed by atoms with van der Waals surface area (Å²) in [5, 5.41) is 0. The molecule has 5 nitrogen and oxygen atoms in total. The normalized spacial score (nSPS) is 13.2. The van der Waals surface area contributed by atoms with Crippen molar-refractivity contribution in [3.8, 4) is 11.8 Å². The third-order valence-corrected chi connectivity index (χ3v) is 2.63. The largest absolute Gasteiger partial charge is 0.468 e. The van der Waals surface area contributed by atoms with Crippen LogP contribution in [0.4, 0.5) is 5.69 Å². The molecule has 1 aromatic carbocycles. The third kappa shape index (κ3) is 2.93. The monoisotopic (exact) mass is 269 g/mol. The molecule has 1 aliphatic rings. The lowest BCUT2D eigenvalue weighted by Crippen LogP contribution is -2.29. The standard InChI is InChI=1S/C15H11NO4/c1-20-15(19)4-2-3-11-5-7-12(8-6-11)16-13(17)9-10-14(16)18/h5-10H,4H2,1H3. The van der Waals surface area contributed by atoms with Crippen LogP contribution >= 0.6 is 0 Å². The van der Waals surface area contributed by atoms with E-state index < -0.39 is 5.97 Å². The van der Waals surface area contributed by atoms with Crippen molar-refractivity contribution in [1.82, 2.24) is 0 Å². The molecule has 0 unspecified atom stereocenters. The van der Waals surface area contributed by atoms with Gasteiger partial charge >= 0.3 is 5.97 Å². The first-order valence-corrected chi connectivity index (χ1v) is 5.83. The van der Waals surface area contributed by atoms with Gasteiger partial charge in [0, 0.05) is 17.7 Å². The summed E-state index contributed by atoms with van der Waals surface area (Å²) in [4.78, 5) is 34.9. The Labute approximate surface area is 115 Å². The number of imide groups is 1. The fraction of sp³-hybridized carbons (Fsp3) is 0.133. The van der Waals surface area contributed by atoms with E-state index in [0.29, 0.717) is 11.3 Å². The number of hydrogen-bond acceptors (Lipinski definition) is 4. The molecule has 1 heterocycles. The molecule has 0 radical (unpaired) electrons. The number of carbonyl (C=O) groups excluding carboxylic acids is 3. The molecule has 1 aliphatic heterocycles. The number of benzene rings is 1. The Bertz CT molecular complexity index is 629. The van der Waals surface area contributed by atoms with Gasteiger partial charge in [0.2, 0.25) is 0 Å². The maximum absolute atomic E-state index is 11.5. The van der Waals surface area contributed by atoms with Crippen LogP contribution in [-0.4, -0.2) is 24.9 Å². The summed E-state index contributed by atoms with van der Waals surface area (Å²) in [7, 11) is 1.30. The summed E-state index contributed by atoms with van der Waals surface area (Å²) in [5.41, 5.74) is 1.17. The molecule has 0 fully saturated rings. The van der Waals surface area contributed by atoms with Gasteiger partial charge in [-0.3, -0.25) is 14.4 Å². The van der Waals surface area contributed by atoms with E-state index >= 15 is 0 Å². The van der Waals surface area contributed by atoms with Crippen molar-refractivity contribution in [2.24, 2.45) is 0 Å². The summed E-state index contributed by atoms with van der Waals surface area (Å²) in [6, 6.07) is 6.62. The molecule has 0 saturated carbocycles. The minimum Gasteiger partial charge on any atom is -0.468 e. The van der Waals surface area contributed by atoms with Gasteiger partial charge in [0.15, 0.2) is 0 Å². The van der Waals surface area contributed by atoms with Gasteiger partial charge in [-0.15, -0.1) is 0 Å². The van der Waals surface area contributed by atoms with Crippen molar-refractivity contribution in [1.29, 1.82) is 0 Å².